The van der Waals surface area contributed by atoms with Crippen LogP contribution in [0.2, 0.25) is 5.02 Å². The van der Waals surface area contributed by atoms with Crippen LogP contribution in [0.25, 0.3) is 11.0 Å². The van der Waals surface area contributed by atoms with Gasteiger partial charge in [-0.05, 0) is 36.2 Å². The minimum atomic E-state index is -0.649. The average Bonchev–Trinajstić information content (AvgIpc) is 2.81. The Morgan fingerprint density at radius 2 is 1.79 bits per heavy atom. The Kier molecular flexibility index (Phi) is 8.11. The lowest BCUT2D eigenvalue weighted by Crippen LogP contribution is -2.48. The Morgan fingerprint density at radius 1 is 1.09 bits per heavy atom. The molecule has 0 spiro atoms. The molecule has 0 bridgehead atoms. The molecule has 1 aromatic heterocycles. The van der Waals surface area contributed by atoms with Crippen molar-refractivity contribution in [2.45, 2.75) is 32.4 Å². The molecule has 182 valence electrons. The fourth-order valence-electron chi connectivity index (χ4n) is 4.38. The lowest BCUT2D eigenvalue weighted by atomic mass is 10.0. The predicted molar refractivity (Wildman–Crippen MR) is 133 cm³/mol. The van der Waals surface area contributed by atoms with Gasteiger partial charge in [-0.3, -0.25) is 9.80 Å². The van der Waals surface area contributed by atoms with Gasteiger partial charge in [0.2, 0.25) is 0 Å². The lowest BCUT2D eigenvalue weighted by Gasteiger charge is -2.35. The first-order valence-corrected chi connectivity index (χ1v) is 12.1. The van der Waals surface area contributed by atoms with Crippen LogP contribution in [0.3, 0.4) is 0 Å². The summed E-state index contributed by atoms with van der Waals surface area (Å²) in [6.07, 6.45) is 0.798. The molecule has 8 heteroatoms. The summed E-state index contributed by atoms with van der Waals surface area (Å²) in [5.41, 5.74) is 1.72. The summed E-state index contributed by atoms with van der Waals surface area (Å²) in [6.45, 7) is 7.21. The number of aromatic hydroxyl groups is 1. The summed E-state index contributed by atoms with van der Waals surface area (Å²) in [5, 5.41) is 21.9. The Bertz CT molecular complexity index is 1160. The minimum Gasteiger partial charge on any atom is -0.507 e. The van der Waals surface area contributed by atoms with Crippen molar-refractivity contribution in [1.82, 2.24) is 9.80 Å². The van der Waals surface area contributed by atoms with Crippen LogP contribution in [0, 0.1) is 0 Å². The summed E-state index contributed by atoms with van der Waals surface area (Å²) >= 11 is 5.97. The van der Waals surface area contributed by atoms with Crippen molar-refractivity contribution in [3.8, 4) is 11.5 Å². The molecule has 0 saturated carbocycles. The molecular formula is C26H31ClN2O5. The number of aryl methyl sites for hydroxylation is 1. The fraction of sp³-hybridized carbons (Fsp3) is 0.423. The largest absolute Gasteiger partial charge is 0.507 e. The molecule has 0 radical (unpaired) electrons. The van der Waals surface area contributed by atoms with Crippen molar-refractivity contribution in [3.63, 3.8) is 0 Å². The minimum absolute atomic E-state index is 0.106. The number of halogens is 1. The molecule has 1 unspecified atom stereocenters. The van der Waals surface area contributed by atoms with Gasteiger partial charge in [0.1, 0.15) is 29.8 Å². The van der Waals surface area contributed by atoms with Crippen LogP contribution < -0.4 is 10.4 Å². The van der Waals surface area contributed by atoms with Gasteiger partial charge in [0, 0.05) is 49.9 Å². The van der Waals surface area contributed by atoms with E-state index in [1.807, 2.05) is 19.1 Å². The predicted octanol–water partition coefficient (Wildman–Crippen LogP) is 3.66. The molecule has 1 aliphatic rings. The molecule has 3 aromatic rings. The van der Waals surface area contributed by atoms with E-state index in [4.69, 9.17) is 20.8 Å². The van der Waals surface area contributed by atoms with Crippen molar-refractivity contribution in [2.75, 3.05) is 39.3 Å². The monoisotopic (exact) mass is 486 g/mol. The highest BCUT2D eigenvalue weighted by Gasteiger charge is 2.21. The lowest BCUT2D eigenvalue weighted by molar-refractivity contribution is 0.0444. The Morgan fingerprint density at radius 3 is 2.50 bits per heavy atom. The van der Waals surface area contributed by atoms with Crippen LogP contribution in [-0.4, -0.2) is 65.4 Å². The van der Waals surface area contributed by atoms with E-state index in [0.29, 0.717) is 29.7 Å². The Labute approximate surface area is 204 Å². The number of aliphatic hydroxyl groups excluding tert-OH is 1. The van der Waals surface area contributed by atoms with Gasteiger partial charge in [0.15, 0.2) is 0 Å². The highest BCUT2D eigenvalue weighted by Crippen LogP contribution is 2.32. The first-order valence-electron chi connectivity index (χ1n) is 11.7. The highest BCUT2D eigenvalue weighted by atomic mass is 35.5. The van der Waals surface area contributed by atoms with Gasteiger partial charge in [-0.15, -0.1) is 0 Å². The van der Waals surface area contributed by atoms with E-state index in [0.717, 1.165) is 55.8 Å². The normalized spacial score (nSPS) is 16.1. The second kappa shape index (κ2) is 11.2. The van der Waals surface area contributed by atoms with E-state index >= 15 is 0 Å². The molecule has 34 heavy (non-hydrogen) atoms. The molecule has 4 rings (SSSR count). The molecule has 1 atom stereocenters. The zero-order valence-electron chi connectivity index (χ0n) is 19.4. The van der Waals surface area contributed by atoms with E-state index in [-0.39, 0.29) is 12.4 Å². The van der Waals surface area contributed by atoms with Gasteiger partial charge < -0.3 is 19.4 Å². The van der Waals surface area contributed by atoms with Crippen molar-refractivity contribution in [1.29, 1.82) is 0 Å². The maximum absolute atomic E-state index is 11.8. The fourth-order valence-corrected chi connectivity index (χ4v) is 4.51. The summed E-state index contributed by atoms with van der Waals surface area (Å²) in [4.78, 5) is 16.4. The zero-order chi connectivity index (χ0) is 24.1. The van der Waals surface area contributed by atoms with Crippen molar-refractivity contribution in [3.05, 3.63) is 69.0 Å². The highest BCUT2D eigenvalue weighted by molar-refractivity contribution is 6.30. The van der Waals surface area contributed by atoms with Gasteiger partial charge in [-0.25, -0.2) is 4.79 Å². The van der Waals surface area contributed by atoms with Crippen LogP contribution in [-0.2, 0) is 13.0 Å². The number of β-amino-alcohol motifs (C(OH)–C–C–N with tert-alkyl or cyclic N) is 1. The number of ether oxygens (including phenoxy) is 1. The maximum Gasteiger partial charge on any atom is 0.339 e. The van der Waals surface area contributed by atoms with Gasteiger partial charge in [-0.1, -0.05) is 37.1 Å². The zero-order valence-corrected chi connectivity index (χ0v) is 20.1. The van der Waals surface area contributed by atoms with Crippen molar-refractivity contribution < 1.29 is 19.4 Å². The second-order valence-corrected chi connectivity index (χ2v) is 9.22. The van der Waals surface area contributed by atoms with Crippen LogP contribution in [0.5, 0.6) is 11.5 Å². The maximum atomic E-state index is 11.8. The van der Waals surface area contributed by atoms with Gasteiger partial charge in [0.25, 0.3) is 0 Å². The van der Waals surface area contributed by atoms with Crippen LogP contribution >= 0.6 is 11.6 Å². The number of rotatable bonds is 9. The molecule has 1 saturated heterocycles. The SMILES string of the molecule is CCCc1c(OCC(O)CN2CCN(Cc3ccc(Cl)cc3)CC2)ccc2c(O)cc(=O)oc12. The molecule has 1 aliphatic heterocycles. The topological polar surface area (TPSA) is 86.4 Å². The quantitative estimate of drug-likeness (QED) is 0.446. The molecule has 2 aromatic carbocycles. The van der Waals surface area contributed by atoms with Gasteiger partial charge in [-0.2, -0.15) is 0 Å². The molecule has 2 N–H and O–H groups in total. The number of nitrogens with zero attached hydrogens (tertiary/aromatic N) is 2. The number of piperazine rings is 1. The van der Waals surface area contributed by atoms with E-state index in [9.17, 15) is 15.0 Å². The van der Waals surface area contributed by atoms with E-state index in [1.165, 1.54) is 5.56 Å². The molecular weight excluding hydrogens is 456 g/mol. The molecule has 0 aliphatic carbocycles. The number of hydrogen-bond acceptors (Lipinski definition) is 7. The Hall–Kier alpha value is -2.58. The third-order valence-corrected chi connectivity index (χ3v) is 6.39. The second-order valence-electron chi connectivity index (χ2n) is 8.79. The van der Waals surface area contributed by atoms with Gasteiger partial charge >= 0.3 is 5.63 Å². The number of fused-ring (bicyclic) bond motifs is 1. The van der Waals surface area contributed by atoms with Crippen LogP contribution in [0.1, 0.15) is 24.5 Å². The third kappa shape index (κ3) is 6.10. The van der Waals surface area contributed by atoms with Gasteiger partial charge in [0.05, 0.1) is 11.5 Å². The summed E-state index contributed by atoms with van der Waals surface area (Å²) < 4.78 is 11.3. The average molecular weight is 487 g/mol. The van der Waals surface area contributed by atoms with Crippen LogP contribution in [0.15, 0.2) is 51.7 Å². The van der Waals surface area contributed by atoms with E-state index in [1.54, 1.807) is 12.1 Å². The molecule has 7 nitrogen and oxygen atoms in total. The standard InChI is InChI=1S/C26H31ClN2O5/c1-2-3-22-24(9-8-21-23(31)14-25(32)34-26(21)22)33-17-20(30)16-29-12-10-28(11-13-29)15-18-4-6-19(27)7-5-18/h4-9,14,20,30-31H,2-3,10-13,15-17H2,1H3. The van der Waals surface area contributed by atoms with Crippen molar-refractivity contribution in [2.24, 2.45) is 0 Å². The number of aliphatic hydroxyl groups is 1. The van der Waals surface area contributed by atoms with Crippen LogP contribution in [0.4, 0.5) is 0 Å². The summed E-state index contributed by atoms with van der Waals surface area (Å²) in [5.74, 6) is 0.459. The van der Waals surface area contributed by atoms with E-state index in [2.05, 4.69) is 21.9 Å². The van der Waals surface area contributed by atoms with E-state index < -0.39 is 11.7 Å². The molecule has 2 heterocycles. The Balaban J connectivity index is 1.31. The first kappa shape index (κ1) is 24.5. The van der Waals surface area contributed by atoms with Crippen molar-refractivity contribution >= 4 is 22.6 Å². The summed E-state index contributed by atoms with van der Waals surface area (Å²) in [6, 6.07) is 12.5. The number of benzene rings is 2. The third-order valence-electron chi connectivity index (χ3n) is 6.14. The molecule has 1 fully saturated rings. The summed E-state index contributed by atoms with van der Waals surface area (Å²) in [7, 11) is 0. The smallest absolute Gasteiger partial charge is 0.339 e. The molecule has 0 amide bonds. The first-order chi connectivity index (χ1) is 16.4. The number of hydrogen-bond donors (Lipinski definition) is 2.